The molecule has 0 fully saturated rings. The topological polar surface area (TPSA) is 44.1 Å². The van der Waals surface area contributed by atoms with Crippen LogP contribution < -0.4 is 5.56 Å². The Bertz CT molecular complexity index is 645. The second-order valence-corrected chi connectivity index (χ2v) is 4.09. The summed E-state index contributed by atoms with van der Waals surface area (Å²) in [7, 11) is 1.63. The average Bonchev–Trinajstić information content (AvgIpc) is 2.42. The molecule has 0 N–H and O–H groups in total. The number of ether oxygens (including phenoxy) is 1. The Hall–Kier alpha value is -2.36. The molecular formula is C15H16N2O2. The Kier molecular flexibility index (Phi) is 3.80. The molecule has 0 aliphatic rings. The highest BCUT2D eigenvalue weighted by Gasteiger charge is 2.13. The monoisotopic (exact) mass is 256 g/mol. The Morgan fingerprint density at radius 1 is 1.37 bits per heavy atom. The van der Waals surface area contributed by atoms with Gasteiger partial charge in [0.2, 0.25) is 0 Å². The first kappa shape index (κ1) is 13.1. The minimum atomic E-state index is -0.185. The lowest BCUT2D eigenvalue weighted by molar-refractivity contribution is 0.299. The molecule has 0 unspecified atom stereocenters. The van der Waals surface area contributed by atoms with Gasteiger partial charge < -0.3 is 4.74 Å². The molecule has 0 saturated carbocycles. The summed E-state index contributed by atoms with van der Waals surface area (Å²) in [5, 5.41) is 4.31. The van der Waals surface area contributed by atoms with E-state index in [1.165, 1.54) is 10.7 Å². The van der Waals surface area contributed by atoms with E-state index in [2.05, 4.69) is 11.7 Å². The smallest absolute Gasteiger partial charge is 0.267 e. The number of hydrogen-bond acceptors (Lipinski definition) is 3. The van der Waals surface area contributed by atoms with Gasteiger partial charge in [-0.15, -0.1) is 0 Å². The summed E-state index contributed by atoms with van der Waals surface area (Å²) in [4.78, 5) is 11.7. The highest BCUT2D eigenvalue weighted by molar-refractivity contribution is 5.74. The molecule has 1 heterocycles. The molecule has 1 aromatic heterocycles. The molecule has 0 radical (unpaired) electrons. The number of hydrogen-bond donors (Lipinski definition) is 0. The van der Waals surface area contributed by atoms with Crippen LogP contribution in [0.5, 0.6) is 0 Å². The third-order valence-electron chi connectivity index (χ3n) is 2.76. The summed E-state index contributed by atoms with van der Waals surface area (Å²) in [5.74, 6) is 0.464. The molecule has 4 heteroatoms. The SMILES string of the molecule is C=C(OCC)c1cc(=O)n(C)nc1-c1ccccc1. The molecule has 1 aromatic carbocycles. The summed E-state index contributed by atoms with van der Waals surface area (Å²) >= 11 is 0. The van der Waals surface area contributed by atoms with Gasteiger partial charge in [0.25, 0.3) is 5.56 Å². The van der Waals surface area contributed by atoms with Crippen molar-refractivity contribution >= 4 is 5.76 Å². The fraction of sp³-hybridized carbons (Fsp3) is 0.200. The van der Waals surface area contributed by atoms with Gasteiger partial charge in [0.1, 0.15) is 11.5 Å². The third kappa shape index (κ3) is 2.73. The maximum atomic E-state index is 11.7. The van der Waals surface area contributed by atoms with E-state index < -0.39 is 0 Å². The van der Waals surface area contributed by atoms with E-state index in [-0.39, 0.29) is 5.56 Å². The lowest BCUT2D eigenvalue weighted by Crippen LogP contribution is -2.20. The van der Waals surface area contributed by atoms with Gasteiger partial charge in [0.05, 0.1) is 6.61 Å². The first-order valence-electron chi connectivity index (χ1n) is 6.09. The van der Waals surface area contributed by atoms with Gasteiger partial charge in [-0.1, -0.05) is 36.9 Å². The van der Waals surface area contributed by atoms with Gasteiger partial charge >= 0.3 is 0 Å². The van der Waals surface area contributed by atoms with Crippen molar-refractivity contribution in [1.29, 1.82) is 0 Å². The lowest BCUT2D eigenvalue weighted by Gasteiger charge is -2.12. The molecule has 2 aromatic rings. The Morgan fingerprint density at radius 2 is 2.05 bits per heavy atom. The molecule has 0 saturated heterocycles. The minimum absolute atomic E-state index is 0.185. The van der Waals surface area contributed by atoms with Crippen LogP contribution >= 0.6 is 0 Å². The van der Waals surface area contributed by atoms with E-state index >= 15 is 0 Å². The minimum Gasteiger partial charge on any atom is -0.494 e. The van der Waals surface area contributed by atoms with Gasteiger partial charge in [-0.3, -0.25) is 4.79 Å². The quantitative estimate of drug-likeness (QED) is 0.789. The number of aromatic nitrogens is 2. The molecule has 0 amide bonds. The van der Waals surface area contributed by atoms with E-state index in [1.54, 1.807) is 7.05 Å². The van der Waals surface area contributed by atoms with Crippen LogP contribution in [0.1, 0.15) is 12.5 Å². The van der Waals surface area contributed by atoms with Crippen LogP contribution in [0.2, 0.25) is 0 Å². The molecule has 2 rings (SSSR count). The normalized spacial score (nSPS) is 10.2. The Balaban J connectivity index is 2.62. The summed E-state index contributed by atoms with van der Waals surface area (Å²) < 4.78 is 6.71. The van der Waals surface area contributed by atoms with Crippen LogP contribution in [0, 0.1) is 0 Å². The molecule has 4 nitrogen and oxygen atoms in total. The number of aryl methyl sites for hydroxylation is 1. The van der Waals surface area contributed by atoms with E-state index in [0.29, 0.717) is 23.6 Å². The molecule has 0 aliphatic carbocycles. The summed E-state index contributed by atoms with van der Waals surface area (Å²) in [5.41, 5.74) is 2.07. The van der Waals surface area contributed by atoms with Crippen molar-refractivity contribution in [2.75, 3.05) is 6.61 Å². The maximum Gasteiger partial charge on any atom is 0.267 e. The highest BCUT2D eigenvalue weighted by atomic mass is 16.5. The fourth-order valence-corrected chi connectivity index (χ4v) is 1.81. The summed E-state index contributed by atoms with van der Waals surface area (Å²) in [6.45, 7) is 6.24. The third-order valence-corrected chi connectivity index (χ3v) is 2.76. The largest absolute Gasteiger partial charge is 0.494 e. The van der Waals surface area contributed by atoms with Gasteiger partial charge in [0, 0.05) is 24.2 Å². The number of rotatable bonds is 4. The highest BCUT2D eigenvalue weighted by Crippen LogP contribution is 2.25. The van der Waals surface area contributed by atoms with Gasteiger partial charge in [-0.25, -0.2) is 4.68 Å². The fourth-order valence-electron chi connectivity index (χ4n) is 1.81. The summed E-state index contributed by atoms with van der Waals surface area (Å²) in [6.07, 6.45) is 0. The van der Waals surface area contributed by atoms with Crippen molar-refractivity contribution in [2.45, 2.75) is 6.92 Å². The van der Waals surface area contributed by atoms with Crippen molar-refractivity contribution < 1.29 is 4.74 Å². The van der Waals surface area contributed by atoms with E-state index in [0.717, 1.165) is 5.56 Å². The number of nitrogens with zero attached hydrogens (tertiary/aromatic N) is 2. The van der Waals surface area contributed by atoms with E-state index in [4.69, 9.17) is 4.74 Å². The van der Waals surface area contributed by atoms with E-state index in [1.807, 2.05) is 37.3 Å². The summed E-state index contributed by atoms with van der Waals surface area (Å²) in [6, 6.07) is 11.2. The second kappa shape index (κ2) is 5.52. The first-order chi connectivity index (χ1) is 9.13. The Labute approximate surface area is 112 Å². The number of benzene rings is 1. The zero-order valence-electron chi connectivity index (χ0n) is 11.1. The molecule has 0 bridgehead atoms. The zero-order valence-corrected chi connectivity index (χ0v) is 11.1. The Morgan fingerprint density at radius 3 is 2.68 bits per heavy atom. The average molecular weight is 256 g/mol. The van der Waals surface area contributed by atoms with Crippen LogP contribution in [0.4, 0.5) is 0 Å². The molecule has 0 aliphatic heterocycles. The second-order valence-electron chi connectivity index (χ2n) is 4.09. The van der Waals surface area contributed by atoms with Gasteiger partial charge in [-0.05, 0) is 6.92 Å². The van der Waals surface area contributed by atoms with Gasteiger partial charge in [-0.2, -0.15) is 5.10 Å². The zero-order chi connectivity index (χ0) is 13.8. The van der Waals surface area contributed by atoms with Gasteiger partial charge in [0.15, 0.2) is 0 Å². The van der Waals surface area contributed by atoms with Crippen molar-refractivity contribution in [3.05, 3.63) is 58.9 Å². The predicted octanol–water partition coefficient (Wildman–Crippen LogP) is 2.45. The van der Waals surface area contributed by atoms with Crippen LogP contribution in [0.25, 0.3) is 17.0 Å². The predicted molar refractivity (Wildman–Crippen MR) is 75.6 cm³/mol. The van der Waals surface area contributed by atoms with Crippen molar-refractivity contribution in [1.82, 2.24) is 9.78 Å². The molecule has 98 valence electrons. The van der Waals surface area contributed by atoms with Crippen molar-refractivity contribution in [3.8, 4) is 11.3 Å². The van der Waals surface area contributed by atoms with Crippen molar-refractivity contribution in [2.24, 2.45) is 7.05 Å². The molecular weight excluding hydrogens is 240 g/mol. The molecule has 19 heavy (non-hydrogen) atoms. The maximum absolute atomic E-state index is 11.7. The van der Waals surface area contributed by atoms with Crippen LogP contribution in [0.3, 0.4) is 0 Å². The van der Waals surface area contributed by atoms with Crippen molar-refractivity contribution in [3.63, 3.8) is 0 Å². The molecule has 0 spiro atoms. The first-order valence-corrected chi connectivity index (χ1v) is 6.09. The lowest BCUT2D eigenvalue weighted by atomic mass is 10.1. The van der Waals surface area contributed by atoms with Crippen LogP contribution in [-0.2, 0) is 11.8 Å². The molecule has 0 atom stereocenters. The van der Waals surface area contributed by atoms with Crippen LogP contribution in [0.15, 0.2) is 47.8 Å². The van der Waals surface area contributed by atoms with Crippen LogP contribution in [-0.4, -0.2) is 16.4 Å². The van der Waals surface area contributed by atoms with E-state index in [9.17, 15) is 4.79 Å². The standard InChI is InChI=1S/C15H16N2O2/c1-4-19-11(2)13-10-14(18)17(3)16-15(13)12-8-6-5-7-9-12/h5-10H,2,4H2,1,3H3.